The van der Waals surface area contributed by atoms with Crippen molar-refractivity contribution in [2.45, 2.75) is 32.9 Å². The van der Waals surface area contributed by atoms with Gasteiger partial charge in [-0.1, -0.05) is 19.1 Å². The quantitative estimate of drug-likeness (QED) is 0.419. The zero-order valence-corrected chi connectivity index (χ0v) is 18.2. The Hall–Kier alpha value is -3.69. The van der Waals surface area contributed by atoms with Crippen LogP contribution in [-0.4, -0.2) is 47.9 Å². The van der Waals surface area contributed by atoms with Crippen LogP contribution in [-0.2, 0) is 16.1 Å². The fraction of sp³-hybridized carbons (Fsp3) is 0.364. The smallest absolute Gasteiger partial charge is 0.311 e. The molecule has 0 heterocycles. The monoisotopic (exact) mass is 447 g/mol. The summed E-state index contributed by atoms with van der Waals surface area (Å²) in [7, 11) is 1.29. The van der Waals surface area contributed by atoms with Gasteiger partial charge in [0, 0.05) is 25.2 Å². The van der Waals surface area contributed by atoms with E-state index >= 15 is 0 Å². The van der Waals surface area contributed by atoms with Crippen molar-refractivity contribution in [1.82, 2.24) is 10.2 Å². The van der Waals surface area contributed by atoms with E-state index < -0.39 is 29.3 Å². The van der Waals surface area contributed by atoms with E-state index in [-0.39, 0.29) is 29.6 Å². The summed E-state index contributed by atoms with van der Waals surface area (Å²) >= 11 is 0. The molecule has 1 atom stereocenters. The fourth-order valence-electron chi connectivity index (χ4n) is 2.89. The van der Waals surface area contributed by atoms with Gasteiger partial charge < -0.3 is 19.7 Å². The number of rotatable bonds is 11. The number of methoxy groups -OCH3 is 1. The van der Waals surface area contributed by atoms with Gasteiger partial charge in [-0.2, -0.15) is 0 Å². The first-order chi connectivity index (χ1) is 15.3. The molecule has 2 rings (SSSR count). The lowest BCUT2D eigenvalue weighted by Crippen LogP contribution is -2.49. The highest BCUT2D eigenvalue weighted by Gasteiger charge is 2.26. The first-order valence-electron chi connectivity index (χ1n) is 10.0. The molecule has 0 radical (unpaired) electrons. The van der Waals surface area contributed by atoms with Crippen molar-refractivity contribution in [3.8, 4) is 11.5 Å². The number of nitro benzene ring substituents is 1. The van der Waals surface area contributed by atoms with Gasteiger partial charge in [-0.15, -0.1) is 0 Å². The number of nitrogens with zero attached hydrogens (tertiary/aromatic N) is 2. The van der Waals surface area contributed by atoms with Gasteiger partial charge in [0.2, 0.25) is 11.7 Å². The van der Waals surface area contributed by atoms with Gasteiger partial charge in [0.05, 0.1) is 12.0 Å². The second-order valence-corrected chi connectivity index (χ2v) is 6.99. The predicted octanol–water partition coefficient (Wildman–Crippen LogP) is 3.06. The van der Waals surface area contributed by atoms with Crippen molar-refractivity contribution in [3.05, 3.63) is 64.0 Å². The molecule has 9 nitrogen and oxygen atoms in total. The Morgan fingerprint density at radius 3 is 2.50 bits per heavy atom. The Kier molecular flexibility index (Phi) is 8.94. The zero-order valence-electron chi connectivity index (χ0n) is 18.2. The molecule has 0 spiro atoms. The first-order valence-corrected chi connectivity index (χ1v) is 10.0. The van der Waals surface area contributed by atoms with Crippen molar-refractivity contribution < 1.29 is 28.4 Å². The number of carbonyl (C=O) groups is 2. The van der Waals surface area contributed by atoms with Crippen LogP contribution >= 0.6 is 0 Å². The molecule has 0 aliphatic carbocycles. The van der Waals surface area contributed by atoms with Crippen molar-refractivity contribution in [2.75, 3.05) is 20.3 Å². The van der Waals surface area contributed by atoms with Crippen LogP contribution in [0.2, 0.25) is 0 Å². The van der Waals surface area contributed by atoms with Gasteiger partial charge in [0.25, 0.3) is 5.91 Å². The van der Waals surface area contributed by atoms with Gasteiger partial charge >= 0.3 is 5.69 Å². The van der Waals surface area contributed by atoms with Crippen molar-refractivity contribution in [3.63, 3.8) is 0 Å². The maximum Gasteiger partial charge on any atom is 0.311 e. The maximum atomic E-state index is 13.2. The van der Waals surface area contributed by atoms with Crippen LogP contribution < -0.4 is 14.8 Å². The third-order valence-corrected chi connectivity index (χ3v) is 4.69. The van der Waals surface area contributed by atoms with E-state index in [9.17, 15) is 24.1 Å². The minimum absolute atomic E-state index is 0.00423. The molecule has 0 fully saturated rings. The third-order valence-electron chi connectivity index (χ3n) is 4.69. The highest BCUT2D eigenvalue weighted by molar-refractivity contribution is 5.87. The number of halogens is 1. The highest BCUT2D eigenvalue weighted by atomic mass is 19.1. The molecule has 0 aliphatic heterocycles. The SMILES string of the molecule is CCCNC(=O)C(C)N(Cc1ccc(F)cc1)C(=O)COc1ccc([N+](=O)[O-])c(OC)c1. The molecule has 10 heteroatoms. The molecule has 0 aliphatic rings. The number of carbonyl (C=O) groups excluding carboxylic acids is 2. The van der Waals surface area contributed by atoms with Gasteiger partial charge in [0.1, 0.15) is 17.6 Å². The molecule has 0 saturated carbocycles. The number of nitro groups is 1. The maximum absolute atomic E-state index is 13.2. The average molecular weight is 447 g/mol. The first kappa shape index (κ1) is 24.6. The molecular weight excluding hydrogens is 421 g/mol. The van der Waals surface area contributed by atoms with Gasteiger partial charge in [0.15, 0.2) is 6.61 Å². The second-order valence-electron chi connectivity index (χ2n) is 6.99. The topological polar surface area (TPSA) is 111 Å². The third kappa shape index (κ3) is 6.66. The minimum atomic E-state index is -0.797. The summed E-state index contributed by atoms with van der Waals surface area (Å²) in [6, 6.07) is 8.72. The molecule has 172 valence electrons. The summed E-state index contributed by atoms with van der Waals surface area (Å²) < 4.78 is 23.7. The van der Waals surface area contributed by atoms with Crippen molar-refractivity contribution >= 4 is 17.5 Å². The lowest BCUT2D eigenvalue weighted by atomic mass is 10.1. The number of nitrogens with one attached hydrogen (secondary N) is 1. The van der Waals surface area contributed by atoms with E-state index in [1.807, 2.05) is 6.92 Å². The van der Waals surface area contributed by atoms with E-state index in [0.29, 0.717) is 12.1 Å². The van der Waals surface area contributed by atoms with Crippen LogP contribution in [0.25, 0.3) is 0 Å². The Bertz CT molecular complexity index is 951. The van der Waals surface area contributed by atoms with Crippen LogP contribution in [0.4, 0.5) is 10.1 Å². The number of ether oxygens (including phenoxy) is 2. The van der Waals surface area contributed by atoms with Crippen LogP contribution in [0.1, 0.15) is 25.8 Å². The molecule has 2 amide bonds. The predicted molar refractivity (Wildman–Crippen MR) is 115 cm³/mol. The Labute approximate surface area is 185 Å². The van der Waals surface area contributed by atoms with Crippen LogP contribution in [0.15, 0.2) is 42.5 Å². The van der Waals surface area contributed by atoms with Gasteiger partial charge in [-0.25, -0.2) is 4.39 Å². The van der Waals surface area contributed by atoms with Crippen molar-refractivity contribution in [1.29, 1.82) is 0 Å². The summed E-state index contributed by atoms with van der Waals surface area (Å²) in [5, 5.41) is 13.8. The molecule has 0 aromatic heterocycles. The van der Waals surface area contributed by atoms with E-state index in [0.717, 1.165) is 6.42 Å². The summed E-state index contributed by atoms with van der Waals surface area (Å²) in [5.74, 6) is -1.01. The Morgan fingerprint density at radius 1 is 1.22 bits per heavy atom. The molecule has 1 unspecified atom stereocenters. The van der Waals surface area contributed by atoms with E-state index in [2.05, 4.69) is 5.32 Å². The lowest BCUT2D eigenvalue weighted by molar-refractivity contribution is -0.385. The standard InChI is InChI=1S/C22H26FN3O6/c1-4-11-24-22(28)15(2)25(13-16-5-7-17(23)8-6-16)21(27)14-32-18-9-10-19(26(29)30)20(12-18)31-3/h5-10,12,15H,4,11,13-14H2,1-3H3,(H,24,28). The lowest BCUT2D eigenvalue weighted by Gasteiger charge is -2.28. The number of amides is 2. The Balaban J connectivity index is 2.16. The molecule has 2 aromatic rings. The Morgan fingerprint density at radius 2 is 1.91 bits per heavy atom. The average Bonchev–Trinajstić information content (AvgIpc) is 2.79. The van der Waals surface area contributed by atoms with Crippen LogP contribution in [0.5, 0.6) is 11.5 Å². The normalized spacial score (nSPS) is 11.4. The molecule has 1 N–H and O–H groups in total. The number of benzene rings is 2. The minimum Gasteiger partial charge on any atom is -0.490 e. The number of hydrogen-bond donors (Lipinski definition) is 1. The van der Waals surface area contributed by atoms with Crippen LogP contribution in [0.3, 0.4) is 0 Å². The molecule has 0 bridgehead atoms. The number of hydrogen-bond acceptors (Lipinski definition) is 6. The van der Waals surface area contributed by atoms with Crippen molar-refractivity contribution in [2.24, 2.45) is 0 Å². The highest BCUT2D eigenvalue weighted by Crippen LogP contribution is 2.30. The molecule has 32 heavy (non-hydrogen) atoms. The van der Waals surface area contributed by atoms with E-state index in [1.54, 1.807) is 6.92 Å². The summed E-state index contributed by atoms with van der Waals surface area (Å²) in [5.41, 5.74) is 0.414. The molecule has 2 aromatic carbocycles. The van der Waals surface area contributed by atoms with E-state index in [1.165, 1.54) is 54.5 Å². The van der Waals surface area contributed by atoms with Gasteiger partial charge in [-0.3, -0.25) is 19.7 Å². The second kappa shape index (κ2) is 11.6. The van der Waals surface area contributed by atoms with E-state index in [4.69, 9.17) is 9.47 Å². The van der Waals surface area contributed by atoms with Crippen LogP contribution in [0, 0.1) is 15.9 Å². The molecule has 0 saturated heterocycles. The summed E-state index contributed by atoms with van der Waals surface area (Å²) in [4.78, 5) is 37.2. The largest absolute Gasteiger partial charge is 0.490 e. The molecular formula is C22H26FN3O6. The zero-order chi connectivity index (χ0) is 23.7. The fourth-order valence-corrected chi connectivity index (χ4v) is 2.89. The summed E-state index contributed by atoms with van der Waals surface area (Å²) in [6.07, 6.45) is 0.745. The van der Waals surface area contributed by atoms with Gasteiger partial charge in [-0.05, 0) is 37.1 Å². The summed E-state index contributed by atoms with van der Waals surface area (Å²) in [6.45, 7) is 3.65.